The second-order valence-electron chi connectivity index (χ2n) is 6.01. The molecule has 1 aliphatic heterocycles. The first-order chi connectivity index (χ1) is 11.6. The standard InChI is InChI=1S/C17H16F2N4O/c1-10-16(9-23-3-2-15-12(8-23)7-20-22-15)21-17(24-10)11-4-13(18)6-14(19)5-11/h4-7H,2-3,8-9H2,1H3,(H,20,22). The van der Waals surface area contributed by atoms with Crippen LogP contribution in [0.2, 0.25) is 0 Å². The second-order valence-corrected chi connectivity index (χ2v) is 6.01. The number of oxazole rings is 1. The summed E-state index contributed by atoms with van der Waals surface area (Å²) < 4.78 is 32.4. The molecule has 0 radical (unpaired) electrons. The van der Waals surface area contributed by atoms with Crippen LogP contribution in [0, 0.1) is 18.6 Å². The summed E-state index contributed by atoms with van der Waals surface area (Å²) >= 11 is 0. The van der Waals surface area contributed by atoms with Crippen molar-refractivity contribution in [2.45, 2.75) is 26.4 Å². The van der Waals surface area contributed by atoms with Crippen molar-refractivity contribution < 1.29 is 13.2 Å². The Morgan fingerprint density at radius 3 is 2.83 bits per heavy atom. The van der Waals surface area contributed by atoms with Crippen LogP contribution >= 0.6 is 0 Å². The summed E-state index contributed by atoms with van der Waals surface area (Å²) in [6.45, 7) is 4.12. The Kier molecular flexibility index (Phi) is 3.65. The fraction of sp³-hybridized carbons (Fsp3) is 0.294. The zero-order valence-corrected chi connectivity index (χ0v) is 13.1. The Bertz CT molecular complexity index is 866. The molecular formula is C17H16F2N4O. The van der Waals surface area contributed by atoms with E-state index in [1.54, 1.807) is 0 Å². The van der Waals surface area contributed by atoms with E-state index in [0.29, 0.717) is 17.9 Å². The normalized spacial score (nSPS) is 14.8. The number of aromatic nitrogens is 3. The highest BCUT2D eigenvalue weighted by atomic mass is 19.1. The third-order valence-electron chi connectivity index (χ3n) is 4.26. The van der Waals surface area contributed by atoms with Gasteiger partial charge in [0.1, 0.15) is 17.4 Å². The average Bonchev–Trinajstić information content (AvgIpc) is 3.13. The first-order valence-electron chi connectivity index (χ1n) is 7.75. The molecule has 0 fully saturated rings. The number of hydrogen-bond donors (Lipinski definition) is 1. The first-order valence-corrected chi connectivity index (χ1v) is 7.75. The van der Waals surface area contributed by atoms with Crippen molar-refractivity contribution in [1.29, 1.82) is 0 Å². The van der Waals surface area contributed by atoms with Gasteiger partial charge in [-0.1, -0.05) is 0 Å². The van der Waals surface area contributed by atoms with Gasteiger partial charge >= 0.3 is 0 Å². The van der Waals surface area contributed by atoms with Crippen LogP contribution in [0.25, 0.3) is 11.5 Å². The molecule has 1 N–H and O–H groups in total. The summed E-state index contributed by atoms with van der Waals surface area (Å²) in [5.41, 5.74) is 3.45. The molecule has 5 nitrogen and oxygen atoms in total. The minimum Gasteiger partial charge on any atom is -0.441 e. The maximum absolute atomic E-state index is 13.4. The van der Waals surface area contributed by atoms with Crippen molar-refractivity contribution in [1.82, 2.24) is 20.1 Å². The molecule has 4 rings (SSSR count). The molecule has 0 spiro atoms. The molecule has 1 aromatic carbocycles. The lowest BCUT2D eigenvalue weighted by atomic mass is 10.1. The predicted octanol–water partition coefficient (Wildman–Crippen LogP) is 3.21. The van der Waals surface area contributed by atoms with E-state index in [1.165, 1.54) is 23.4 Å². The monoisotopic (exact) mass is 330 g/mol. The fourth-order valence-electron chi connectivity index (χ4n) is 3.00. The third kappa shape index (κ3) is 2.82. The van der Waals surface area contributed by atoms with Crippen LogP contribution in [-0.4, -0.2) is 26.6 Å². The molecule has 2 aromatic heterocycles. The maximum atomic E-state index is 13.4. The van der Waals surface area contributed by atoms with Gasteiger partial charge in [-0.15, -0.1) is 0 Å². The Labute approximate surface area is 137 Å². The number of halogens is 2. The zero-order chi connectivity index (χ0) is 16.7. The zero-order valence-electron chi connectivity index (χ0n) is 13.1. The largest absolute Gasteiger partial charge is 0.441 e. The van der Waals surface area contributed by atoms with Gasteiger partial charge in [-0.05, 0) is 19.1 Å². The van der Waals surface area contributed by atoms with Crippen LogP contribution in [0.15, 0.2) is 28.8 Å². The molecular weight excluding hydrogens is 314 g/mol. The van der Waals surface area contributed by atoms with Crippen LogP contribution in [-0.2, 0) is 19.5 Å². The molecule has 0 saturated heterocycles. The van der Waals surface area contributed by atoms with Crippen LogP contribution < -0.4 is 0 Å². The Morgan fingerprint density at radius 1 is 1.25 bits per heavy atom. The van der Waals surface area contributed by atoms with Gasteiger partial charge in [-0.2, -0.15) is 5.10 Å². The average molecular weight is 330 g/mol. The Morgan fingerprint density at radius 2 is 2.04 bits per heavy atom. The van der Waals surface area contributed by atoms with Gasteiger partial charge < -0.3 is 4.42 Å². The summed E-state index contributed by atoms with van der Waals surface area (Å²) in [4.78, 5) is 6.68. The lowest BCUT2D eigenvalue weighted by Crippen LogP contribution is -2.30. The number of benzene rings is 1. The lowest BCUT2D eigenvalue weighted by molar-refractivity contribution is 0.241. The van der Waals surface area contributed by atoms with E-state index in [0.717, 1.165) is 31.3 Å². The molecule has 7 heteroatoms. The van der Waals surface area contributed by atoms with E-state index in [1.807, 2.05) is 13.1 Å². The number of fused-ring (bicyclic) bond motifs is 1. The summed E-state index contributed by atoms with van der Waals surface area (Å²) in [7, 11) is 0. The first kappa shape index (κ1) is 15.0. The van der Waals surface area contributed by atoms with E-state index < -0.39 is 11.6 Å². The van der Waals surface area contributed by atoms with E-state index >= 15 is 0 Å². The van der Waals surface area contributed by atoms with E-state index in [4.69, 9.17) is 4.42 Å². The summed E-state index contributed by atoms with van der Waals surface area (Å²) in [6, 6.07) is 3.27. The lowest BCUT2D eigenvalue weighted by Gasteiger charge is -2.25. The van der Waals surface area contributed by atoms with E-state index in [2.05, 4.69) is 20.1 Å². The SMILES string of the molecule is Cc1oc(-c2cc(F)cc(F)c2)nc1CN1CCc2[nH]ncc2C1. The molecule has 3 heterocycles. The number of nitrogens with one attached hydrogen (secondary N) is 1. The van der Waals surface area contributed by atoms with Gasteiger partial charge in [0.2, 0.25) is 5.89 Å². The van der Waals surface area contributed by atoms with E-state index in [-0.39, 0.29) is 5.89 Å². The van der Waals surface area contributed by atoms with Gasteiger partial charge in [0.05, 0.1) is 11.9 Å². The van der Waals surface area contributed by atoms with Gasteiger partial charge in [0.15, 0.2) is 0 Å². The quantitative estimate of drug-likeness (QED) is 0.801. The van der Waals surface area contributed by atoms with Gasteiger partial charge in [0, 0.05) is 48.9 Å². The van der Waals surface area contributed by atoms with Crippen molar-refractivity contribution >= 4 is 0 Å². The number of aromatic amines is 1. The highest BCUT2D eigenvalue weighted by Crippen LogP contribution is 2.25. The second kappa shape index (κ2) is 5.83. The summed E-state index contributed by atoms with van der Waals surface area (Å²) in [6.07, 6.45) is 2.76. The molecule has 0 atom stereocenters. The molecule has 0 amide bonds. The Hall–Kier alpha value is -2.54. The summed E-state index contributed by atoms with van der Waals surface area (Å²) in [5.74, 6) is -0.397. The minimum absolute atomic E-state index is 0.238. The van der Waals surface area contributed by atoms with Crippen molar-refractivity contribution in [2.24, 2.45) is 0 Å². The van der Waals surface area contributed by atoms with Crippen molar-refractivity contribution in [3.8, 4) is 11.5 Å². The molecule has 1 aliphatic rings. The molecule has 0 aliphatic carbocycles. The van der Waals surface area contributed by atoms with Gasteiger partial charge in [-0.25, -0.2) is 13.8 Å². The molecule has 3 aromatic rings. The predicted molar refractivity (Wildman–Crippen MR) is 83.0 cm³/mol. The summed E-state index contributed by atoms with van der Waals surface area (Å²) in [5, 5.41) is 7.07. The topological polar surface area (TPSA) is 58.0 Å². The van der Waals surface area contributed by atoms with Gasteiger partial charge in [-0.3, -0.25) is 10.00 Å². The van der Waals surface area contributed by atoms with Crippen molar-refractivity contribution in [3.05, 3.63) is 58.7 Å². The number of hydrogen-bond acceptors (Lipinski definition) is 4. The smallest absolute Gasteiger partial charge is 0.226 e. The highest BCUT2D eigenvalue weighted by molar-refractivity contribution is 5.53. The third-order valence-corrected chi connectivity index (χ3v) is 4.26. The number of rotatable bonds is 3. The molecule has 0 unspecified atom stereocenters. The maximum Gasteiger partial charge on any atom is 0.226 e. The number of H-pyrrole nitrogens is 1. The van der Waals surface area contributed by atoms with Crippen LogP contribution in [0.3, 0.4) is 0 Å². The van der Waals surface area contributed by atoms with Crippen LogP contribution in [0.5, 0.6) is 0 Å². The van der Waals surface area contributed by atoms with Crippen LogP contribution in [0.1, 0.15) is 22.7 Å². The number of aryl methyl sites for hydroxylation is 1. The Balaban J connectivity index is 1.56. The minimum atomic E-state index is -0.647. The van der Waals surface area contributed by atoms with Crippen molar-refractivity contribution in [2.75, 3.05) is 6.54 Å². The molecule has 0 saturated carbocycles. The van der Waals surface area contributed by atoms with Crippen LogP contribution in [0.4, 0.5) is 8.78 Å². The fourth-order valence-corrected chi connectivity index (χ4v) is 3.00. The molecule has 124 valence electrons. The number of nitrogens with zero attached hydrogens (tertiary/aromatic N) is 3. The molecule has 24 heavy (non-hydrogen) atoms. The van der Waals surface area contributed by atoms with E-state index in [9.17, 15) is 8.78 Å². The molecule has 0 bridgehead atoms. The highest BCUT2D eigenvalue weighted by Gasteiger charge is 2.21. The van der Waals surface area contributed by atoms with Gasteiger partial charge in [0.25, 0.3) is 0 Å². The van der Waals surface area contributed by atoms with Crippen molar-refractivity contribution in [3.63, 3.8) is 0 Å².